The molecule has 1 heterocycles. The highest BCUT2D eigenvalue weighted by Gasteiger charge is 2.22. The maximum absolute atomic E-state index is 12.7. The molecule has 0 aliphatic carbocycles. The van der Waals surface area contributed by atoms with Gasteiger partial charge in [-0.15, -0.1) is 0 Å². The van der Waals surface area contributed by atoms with Gasteiger partial charge in [-0.3, -0.25) is 4.90 Å². The maximum Gasteiger partial charge on any atom is 0.123 e. The van der Waals surface area contributed by atoms with Crippen LogP contribution in [0.4, 0.5) is 4.39 Å². The summed E-state index contributed by atoms with van der Waals surface area (Å²) in [6, 6.07) is 8.40. The molecule has 0 aromatic heterocycles. The molecular weight excluding hydrogens is 207 g/mol. The Labute approximate surface area is 94.0 Å². The third kappa shape index (κ3) is 2.57. The van der Waals surface area contributed by atoms with Gasteiger partial charge < -0.3 is 4.74 Å². The zero-order valence-electron chi connectivity index (χ0n) is 8.90. The third-order valence-corrected chi connectivity index (χ3v) is 2.69. The van der Waals surface area contributed by atoms with Crippen LogP contribution in [0.25, 0.3) is 0 Å². The predicted molar refractivity (Wildman–Crippen MR) is 57.0 cm³/mol. The van der Waals surface area contributed by atoms with Crippen molar-refractivity contribution < 1.29 is 9.13 Å². The van der Waals surface area contributed by atoms with E-state index >= 15 is 0 Å². The largest absolute Gasteiger partial charge is 0.377 e. The van der Waals surface area contributed by atoms with Gasteiger partial charge in [0.2, 0.25) is 0 Å². The molecule has 4 heteroatoms. The molecule has 0 saturated carbocycles. The van der Waals surface area contributed by atoms with Gasteiger partial charge in [0.05, 0.1) is 19.3 Å². The van der Waals surface area contributed by atoms with E-state index in [-0.39, 0.29) is 11.9 Å². The van der Waals surface area contributed by atoms with Crippen LogP contribution >= 0.6 is 0 Å². The summed E-state index contributed by atoms with van der Waals surface area (Å²) in [5.74, 6) is -0.234. The normalized spacial score (nSPS) is 21.6. The van der Waals surface area contributed by atoms with E-state index < -0.39 is 0 Å². The topological polar surface area (TPSA) is 36.3 Å². The van der Waals surface area contributed by atoms with Gasteiger partial charge in [0, 0.05) is 13.1 Å². The van der Waals surface area contributed by atoms with Gasteiger partial charge in [-0.1, -0.05) is 12.1 Å². The molecule has 0 spiro atoms. The van der Waals surface area contributed by atoms with Gasteiger partial charge in [0.15, 0.2) is 0 Å². The molecule has 1 atom stereocenters. The first kappa shape index (κ1) is 11.1. The van der Waals surface area contributed by atoms with Crippen molar-refractivity contribution >= 4 is 0 Å². The van der Waals surface area contributed by atoms with Crippen molar-refractivity contribution in [2.45, 2.75) is 12.6 Å². The monoisotopic (exact) mass is 220 g/mol. The van der Waals surface area contributed by atoms with Gasteiger partial charge in [-0.2, -0.15) is 5.26 Å². The predicted octanol–water partition coefficient (Wildman–Crippen LogP) is 1.55. The third-order valence-electron chi connectivity index (χ3n) is 2.69. The summed E-state index contributed by atoms with van der Waals surface area (Å²) in [5.41, 5.74) is 1.02. The minimum atomic E-state index is -0.234. The minimum Gasteiger partial charge on any atom is -0.377 e. The summed E-state index contributed by atoms with van der Waals surface area (Å²) in [5, 5.41) is 8.95. The van der Waals surface area contributed by atoms with Crippen LogP contribution < -0.4 is 0 Å². The Hall–Kier alpha value is -1.44. The Kier molecular flexibility index (Phi) is 3.50. The van der Waals surface area contributed by atoms with Crippen LogP contribution in [-0.4, -0.2) is 30.7 Å². The standard InChI is InChI=1S/C12H13FN2O/c13-11-3-1-10(2-4-11)8-15-5-6-16-9-12(15)7-14/h1-4,12H,5-6,8-9H2. The average Bonchev–Trinajstić information content (AvgIpc) is 2.33. The zero-order valence-corrected chi connectivity index (χ0v) is 8.90. The fourth-order valence-electron chi connectivity index (χ4n) is 1.77. The molecule has 0 bridgehead atoms. The first-order valence-corrected chi connectivity index (χ1v) is 5.25. The number of ether oxygens (including phenoxy) is 1. The summed E-state index contributed by atoms with van der Waals surface area (Å²) in [4.78, 5) is 2.05. The molecule has 1 saturated heterocycles. The van der Waals surface area contributed by atoms with Crippen molar-refractivity contribution in [1.29, 1.82) is 5.26 Å². The van der Waals surface area contributed by atoms with Crippen LogP contribution in [0.3, 0.4) is 0 Å². The molecule has 1 aromatic carbocycles. The molecule has 1 unspecified atom stereocenters. The van der Waals surface area contributed by atoms with E-state index in [4.69, 9.17) is 10.00 Å². The van der Waals surface area contributed by atoms with Crippen molar-refractivity contribution in [3.05, 3.63) is 35.6 Å². The Morgan fingerprint density at radius 3 is 2.88 bits per heavy atom. The second-order valence-corrected chi connectivity index (χ2v) is 3.82. The second-order valence-electron chi connectivity index (χ2n) is 3.82. The maximum atomic E-state index is 12.7. The molecule has 2 rings (SSSR count). The average molecular weight is 220 g/mol. The summed E-state index contributed by atoms with van der Waals surface area (Å²) in [7, 11) is 0. The summed E-state index contributed by atoms with van der Waals surface area (Å²) in [6.45, 7) is 2.52. The van der Waals surface area contributed by atoms with E-state index in [9.17, 15) is 4.39 Å². The fraction of sp³-hybridized carbons (Fsp3) is 0.417. The summed E-state index contributed by atoms with van der Waals surface area (Å²) < 4.78 is 18.0. The molecule has 3 nitrogen and oxygen atoms in total. The van der Waals surface area contributed by atoms with Crippen LogP contribution in [0, 0.1) is 17.1 Å². The smallest absolute Gasteiger partial charge is 0.123 e. The second kappa shape index (κ2) is 5.06. The highest BCUT2D eigenvalue weighted by molar-refractivity contribution is 5.16. The number of benzene rings is 1. The quantitative estimate of drug-likeness (QED) is 0.758. The summed E-state index contributed by atoms with van der Waals surface area (Å²) >= 11 is 0. The molecule has 0 N–H and O–H groups in total. The molecule has 16 heavy (non-hydrogen) atoms. The van der Waals surface area contributed by atoms with Crippen LogP contribution in [-0.2, 0) is 11.3 Å². The van der Waals surface area contributed by atoms with Crippen molar-refractivity contribution in [2.24, 2.45) is 0 Å². The van der Waals surface area contributed by atoms with Crippen molar-refractivity contribution in [3.63, 3.8) is 0 Å². The van der Waals surface area contributed by atoms with E-state index in [2.05, 4.69) is 11.0 Å². The number of hydrogen-bond acceptors (Lipinski definition) is 3. The van der Waals surface area contributed by atoms with E-state index in [0.717, 1.165) is 12.1 Å². The van der Waals surface area contributed by atoms with E-state index in [0.29, 0.717) is 19.8 Å². The van der Waals surface area contributed by atoms with E-state index in [1.165, 1.54) is 12.1 Å². The van der Waals surface area contributed by atoms with Gasteiger partial charge in [-0.05, 0) is 17.7 Å². The van der Waals surface area contributed by atoms with Gasteiger partial charge >= 0.3 is 0 Å². The van der Waals surface area contributed by atoms with Crippen LogP contribution in [0.1, 0.15) is 5.56 Å². The Morgan fingerprint density at radius 1 is 1.44 bits per heavy atom. The van der Waals surface area contributed by atoms with Crippen molar-refractivity contribution in [3.8, 4) is 6.07 Å². The van der Waals surface area contributed by atoms with Gasteiger partial charge in [0.25, 0.3) is 0 Å². The number of nitrogens with zero attached hydrogens (tertiary/aromatic N) is 2. The lowest BCUT2D eigenvalue weighted by atomic mass is 10.1. The number of hydrogen-bond donors (Lipinski definition) is 0. The number of halogens is 1. The zero-order chi connectivity index (χ0) is 11.4. The Morgan fingerprint density at radius 2 is 2.19 bits per heavy atom. The molecule has 84 valence electrons. The SMILES string of the molecule is N#CC1COCCN1Cc1ccc(F)cc1. The highest BCUT2D eigenvalue weighted by atomic mass is 19.1. The molecule has 1 aromatic rings. The Bertz CT molecular complexity index is 385. The number of rotatable bonds is 2. The molecule has 0 amide bonds. The molecule has 1 aliphatic heterocycles. The lowest BCUT2D eigenvalue weighted by Gasteiger charge is -2.31. The highest BCUT2D eigenvalue weighted by Crippen LogP contribution is 2.12. The number of morpholine rings is 1. The lowest BCUT2D eigenvalue weighted by molar-refractivity contribution is 0.00889. The molecular formula is C12H13FN2O. The molecule has 0 radical (unpaired) electrons. The molecule has 1 aliphatic rings. The van der Waals surface area contributed by atoms with Crippen LogP contribution in [0.15, 0.2) is 24.3 Å². The molecule has 1 fully saturated rings. The first-order chi connectivity index (χ1) is 7.79. The van der Waals surface area contributed by atoms with Gasteiger partial charge in [0.1, 0.15) is 11.9 Å². The van der Waals surface area contributed by atoms with E-state index in [1.54, 1.807) is 12.1 Å². The van der Waals surface area contributed by atoms with Crippen molar-refractivity contribution in [2.75, 3.05) is 19.8 Å². The Balaban J connectivity index is 2.02. The van der Waals surface area contributed by atoms with E-state index in [1.807, 2.05) is 0 Å². The minimum absolute atomic E-state index is 0.196. The van der Waals surface area contributed by atoms with Gasteiger partial charge in [-0.25, -0.2) is 4.39 Å². The van der Waals surface area contributed by atoms with Crippen LogP contribution in [0.2, 0.25) is 0 Å². The lowest BCUT2D eigenvalue weighted by Crippen LogP contribution is -2.43. The van der Waals surface area contributed by atoms with Crippen LogP contribution in [0.5, 0.6) is 0 Å². The van der Waals surface area contributed by atoms with Crippen molar-refractivity contribution in [1.82, 2.24) is 4.90 Å². The fourth-order valence-corrected chi connectivity index (χ4v) is 1.77. The summed E-state index contributed by atoms with van der Waals surface area (Å²) in [6.07, 6.45) is 0. The first-order valence-electron chi connectivity index (χ1n) is 5.25. The number of nitriles is 1.